The van der Waals surface area contributed by atoms with Crippen LogP contribution >= 0.6 is 11.8 Å². The molecular formula is C19H23NO5S2. The zero-order valence-electron chi connectivity index (χ0n) is 15.8. The molecule has 0 fully saturated rings. The van der Waals surface area contributed by atoms with E-state index in [-0.39, 0.29) is 16.2 Å². The minimum Gasteiger partial charge on any atom is -0.465 e. The van der Waals surface area contributed by atoms with Crippen LogP contribution in [0.2, 0.25) is 0 Å². The van der Waals surface area contributed by atoms with E-state index in [0.717, 1.165) is 23.4 Å². The monoisotopic (exact) mass is 409 g/mol. The smallest absolute Gasteiger partial charge is 0.337 e. The molecule has 0 aliphatic carbocycles. The Kier molecular flexibility index (Phi) is 7.29. The quantitative estimate of drug-likeness (QED) is 0.489. The van der Waals surface area contributed by atoms with Crippen molar-refractivity contribution in [3.63, 3.8) is 0 Å². The first-order chi connectivity index (χ1) is 12.7. The maximum absolute atomic E-state index is 12.1. The highest BCUT2D eigenvalue weighted by Crippen LogP contribution is 2.31. The Hall–Kier alpha value is -2.03. The van der Waals surface area contributed by atoms with Crippen molar-refractivity contribution >= 4 is 27.6 Å². The van der Waals surface area contributed by atoms with E-state index in [1.807, 2.05) is 26.2 Å². The topological polar surface area (TPSA) is 72.9 Å². The number of methoxy groups -OCH3 is 1. The van der Waals surface area contributed by atoms with Crippen molar-refractivity contribution in [2.75, 3.05) is 39.8 Å². The third kappa shape index (κ3) is 6.27. The molecule has 0 N–H and O–H groups in total. The van der Waals surface area contributed by atoms with Gasteiger partial charge in [-0.15, -0.1) is 11.8 Å². The van der Waals surface area contributed by atoms with Gasteiger partial charge in [-0.1, -0.05) is 0 Å². The van der Waals surface area contributed by atoms with Gasteiger partial charge in [0.15, 0.2) is 9.84 Å². The number of sulfone groups is 1. The van der Waals surface area contributed by atoms with Gasteiger partial charge >= 0.3 is 5.97 Å². The van der Waals surface area contributed by atoms with E-state index in [4.69, 9.17) is 4.74 Å². The van der Waals surface area contributed by atoms with Crippen LogP contribution in [0, 0.1) is 0 Å². The van der Waals surface area contributed by atoms with Crippen molar-refractivity contribution in [3.8, 4) is 11.5 Å². The van der Waals surface area contributed by atoms with E-state index in [1.54, 1.807) is 23.9 Å². The van der Waals surface area contributed by atoms with Crippen molar-refractivity contribution in [3.05, 3.63) is 48.0 Å². The fourth-order valence-corrected chi connectivity index (χ4v) is 4.04. The van der Waals surface area contributed by atoms with Crippen LogP contribution in [0.25, 0.3) is 0 Å². The summed E-state index contributed by atoms with van der Waals surface area (Å²) in [4.78, 5) is 14.8. The number of hydrogen-bond acceptors (Lipinski definition) is 7. The van der Waals surface area contributed by atoms with Crippen LogP contribution in [0.4, 0.5) is 0 Å². The van der Waals surface area contributed by atoms with Crippen LogP contribution in [-0.4, -0.2) is 59.0 Å². The zero-order chi connectivity index (χ0) is 20.0. The molecule has 0 saturated heterocycles. The molecule has 2 aromatic rings. The molecule has 0 saturated carbocycles. The van der Waals surface area contributed by atoms with Crippen molar-refractivity contribution in [1.29, 1.82) is 0 Å². The molecule has 0 heterocycles. The molecule has 0 bridgehead atoms. The molecule has 2 rings (SSSR count). The van der Waals surface area contributed by atoms with Crippen LogP contribution in [0.5, 0.6) is 11.5 Å². The van der Waals surface area contributed by atoms with E-state index in [9.17, 15) is 13.2 Å². The largest absolute Gasteiger partial charge is 0.465 e. The minimum atomic E-state index is -3.59. The second-order valence-electron chi connectivity index (χ2n) is 6.15. The zero-order valence-corrected chi connectivity index (χ0v) is 17.4. The first-order valence-electron chi connectivity index (χ1n) is 8.18. The average Bonchev–Trinajstić information content (AvgIpc) is 2.61. The summed E-state index contributed by atoms with van der Waals surface area (Å²) in [6.45, 7) is 0.979. The lowest BCUT2D eigenvalue weighted by Crippen LogP contribution is -2.14. The summed E-state index contributed by atoms with van der Waals surface area (Å²) in [5.74, 6) is 1.05. The lowest BCUT2D eigenvalue weighted by atomic mass is 10.2. The van der Waals surface area contributed by atoms with Crippen molar-refractivity contribution in [2.45, 2.75) is 9.79 Å². The number of rotatable bonds is 8. The van der Waals surface area contributed by atoms with E-state index >= 15 is 0 Å². The number of esters is 1. The molecule has 0 amide bonds. The number of benzene rings is 2. The highest BCUT2D eigenvalue weighted by atomic mass is 32.2. The molecule has 146 valence electrons. The van der Waals surface area contributed by atoms with Gasteiger partial charge in [-0.3, -0.25) is 0 Å². The number of thioether (sulfide) groups is 1. The highest BCUT2D eigenvalue weighted by molar-refractivity contribution is 7.99. The maximum Gasteiger partial charge on any atom is 0.337 e. The number of carbonyl (C=O) groups excluding carboxylic acids is 1. The first kappa shape index (κ1) is 21.3. The van der Waals surface area contributed by atoms with E-state index in [2.05, 4.69) is 9.64 Å². The highest BCUT2D eigenvalue weighted by Gasteiger charge is 2.19. The Morgan fingerprint density at radius 1 is 1.11 bits per heavy atom. The maximum atomic E-state index is 12.1. The second kappa shape index (κ2) is 9.25. The van der Waals surface area contributed by atoms with Crippen LogP contribution < -0.4 is 4.74 Å². The lowest BCUT2D eigenvalue weighted by molar-refractivity contribution is 0.0600. The minimum absolute atomic E-state index is 0.0603. The number of ether oxygens (including phenoxy) is 2. The summed E-state index contributed by atoms with van der Waals surface area (Å²) in [6.07, 6.45) is 1.07. The van der Waals surface area contributed by atoms with Crippen LogP contribution in [-0.2, 0) is 14.6 Å². The molecule has 2 aromatic carbocycles. The van der Waals surface area contributed by atoms with Crippen LogP contribution in [0.1, 0.15) is 10.4 Å². The molecule has 0 aliphatic heterocycles. The van der Waals surface area contributed by atoms with Crippen molar-refractivity contribution in [1.82, 2.24) is 4.90 Å². The molecule has 0 atom stereocenters. The van der Waals surface area contributed by atoms with Gasteiger partial charge in [-0.25, -0.2) is 13.2 Å². The number of hydrogen-bond donors (Lipinski definition) is 0. The van der Waals surface area contributed by atoms with Gasteiger partial charge in [0.05, 0.1) is 12.7 Å². The molecule has 0 aliphatic rings. The normalized spacial score (nSPS) is 11.4. The predicted octanol–water partition coefficient (Wildman–Crippen LogP) is 3.32. The van der Waals surface area contributed by atoms with Gasteiger partial charge in [-0.2, -0.15) is 0 Å². The van der Waals surface area contributed by atoms with E-state index in [1.165, 1.54) is 25.3 Å². The van der Waals surface area contributed by atoms with Crippen molar-refractivity contribution in [2.24, 2.45) is 0 Å². The van der Waals surface area contributed by atoms with Gasteiger partial charge in [0, 0.05) is 23.4 Å². The van der Waals surface area contributed by atoms with Crippen LogP contribution in [0.3, 0.4) is 0 Å². The SMILES string of the molecule is COC(=O)c1ccc(Oc2ccc(SCCN(C)C)cc2)c(S(C)(=O)=O)c1. The molecule has 0 unspecified atom stereocenters. The average molecular weight is 410 g/mol. The van der Waals surface area contributed by atoms with E-state index < -0.39 is 15.8 Å². The standard InChI is InChI=1S/C19H23NO5S2/c1-20(2)11-12-26-16-8-6-15(7-9-16)25-17-10-5-14(19(21)24-3)13-18(17)27(4,22)23/h5-10,13H,11-12H2,1-4H3. The van der Waals surface area contributed by atoms with Gasteiger partial charge < -0.3 is 14.4 Å². The fourth-order valence-electron chi connectivity index (χ4n) is 2.20. The molecular weight excluding hydrogens is 386 g/mol. The molecule has 6 nitrogen and oxygen atoms in total. The Balaban J connectivity index is 2.20. The second-order valence-corrected chi connectivity index (χ2v) is 9.30. The van der Waals surface area contributed by atoms with Gasteiger partial charge in [0.2, 0.25) is 0 Å². The van der Waals surface area contributed by atoms with Gasteiger partial charge in [0.25, 0.3) is 0 Å². The Labute approximate surface area is 164 Å². The summed E-state index contributed by atoms with van der Waals surface area (Å²) < 4.78 is 34.6. The summed E-state index contributed by atoms with van der Waals surface area (Å²) in [7, 11) is 1.71. The lowest BCUT2D eigenvalue weighted by Gasteiger charge is -2.12. The number of carbonyl (C=O) groups is 1. The van der Waals surface area contributed by atoms with Crippen LogP contribution in [0.15, 0.2) is 52.3 Å². The molecule has 8 heteroatoms. The summed E-state index contributed by atoms with van der Waals surface area (Å²) in [5, 5.41) is 0. The first-order valence-corrected chi connectivity index (χ1v) is 11.1. The third-order valence-electron chi connectivity index (χ3n) is 3.62. The Morgan fingerprint density at radius 3 is 2.33 bits per heavy atom. The Bertz CT molecular complexity index is 893. The number of nitrogens with zero attached hydrogens (tertiary/aromatic N) is 1. The molecule has 0 aromatic heterocycles. The van der Waals surface area contributed by atoms with Crippen molar-refractivity contribution < 1.29 is 22.7 Å². The third-order valence-corrected chi connectivity index (χ3v) is 5.73. The van der Waals surface area contributed by atoms with Gasteiger partial charge in [0.1, 0.15) is 16.4 Å². The van der Waals surface area contributed by atoms with E-state index in [0.29, 0.717) is 5.75 Å². The predicted molar refractivity (Wildman–Crippen MR) is 107 cm³/mol. The summed E-state index contributed by atoms with van der Waals surface area (Å²) >= 11 is 1.73. The van der Waals surface area contributed by atoms with Gasteiger partial charge in [-0.05, 0) is 56.6 Å². The molecule has 0 spiro atoms. The summed E-state index contributed by atoms with van der Waals surface area (Å²) in [6, 6.07) is 11.6. The summed E-state index contributed by atoms with van der Waals surface area (Å²) in [5.41, 5.74) is 0.151. The molecule has 0 radical (unpaired) electrons. The molecule has 27 heavy (non-hydrogen) atoms. The Morgan fingerprint density at radius 2 is 1.78 bits per heavy atom. The fraction of sp³-hybridized carbons (Fsp3) is 0.316.